The Hall–Kier alpha value is -0.310. The molecule has 0 aliphatic heterocycles. The van der Waals surface area contributed by atoms with Crippen LogP contribution in [0.25, 0.3) is 0 Å². The number of hydrogen-bond acceptors (Lipinski definition) is 1. The molecule has 1 fully saturated rings. The average Bonchev–Trinajstić information content (AvgIpc) is 2.78. The molecule has 2 rings (SSSR count). The first-order valence-corrected chi connectivity index (χ1v) is 5.69. The van der Waals surface area contributed by atoms with Crippen molar-refractivity contribution in [3.63, 3.8) is 0 Å². The Morgan fingerprint density at radius 2 is 2.31 bits per heavy atom. The molecule has 0 aromatic carbocycles. The molecule has 72 valence electrons. The smallest absolute Gasteiger partial charge is 0.0635 e. The summed E-state index contributed by atoms with van der Waals surface area (Å²) in [6, 6.07) is 0.472. The van der Waals surface area contributed by atoms with E-state index in [2.05, 4.69) is 39.6 Å². The second-order valence-corrected chi connectivity index (χ2v) is 4.98. The fourth-order valence-electron chi connectivity index (χ4n) is 1.60. The van der Waals surface area contributed by atoms with Crippen LogP contribution < -0.4 is 0 Å². The van der Waals surface area contributed by atoms with Gasteiger partial charge in [-0.25, -0.2) is 0 Å². The van der Waals surface area contributed by atoms with Gasteiger partial charge in [0.25, 0.3) is 0 Å². The summed E-state index contributed by atoms with van der Waals surface area (Å²) in [5.74, 6) is 0.922. The van der Waals surface area contributed by atoms with Crippen molar-refractivity contribution >= 4 is 15.9 Å². The van der Waals surface area contributed by atoms with E-state index in [-0.39, 0.29) is 0 Å². The molecule has 0 amide bonds. The van der Waals surface area contributed by atoms with Crippen molar-refractivity contribution in [2.45, 2.75) is 39.2 Å². The number of aromatic nitrogens is 2. The van der Waals surface area contributed by atoms with E-state index in [1.54, 1.807) is 0 Å². The van der Waals surface area contributed by atoms with Crippen molar-refractivity contribution in [1.29, 1.82) is 0 Å². The standard InChI is InChI=1S/C10H15BrN2/c1-7(2)13-10(5-8-3-4-8)9(11)6-12-13/h6-8H,3-5H2,1-2H3. The third-order valence-electron chi connectivity index (χ3n) is 2.52. The van der Waals surface area contributed by atoms with Gasteiger partial charge in [-0.2, -0.15) is 5.10 Å². The molecule has 1 aliphatic carbocycles. The Labute approximate surface area is 87.5 Å². The van der Waals surface area contributed by atoms with Crippen molar-refractivity contribution in [3.8, 4) is 0 Å². The minimum Gasteiger partial charge on any atom is -0.266 e. The number of halogens is 1. The molecule has 1 saturated carbocycles. The fraction of sp³-hybridized carbons (Fsp3) is 0.700. The Morgan fingerprint density at radius 1 is 1.62 bits per heavy atom. The molecule has 13 heavy (non-hydrogen) atoms. The van der Waals surface area contributed by atoms with Crippen molar-refractivity contribution < 1.29 is 0 Å². The average molecular weight is 243 g/mol. The molecule has 1 aromatic heterocycles. The molecule has 0 spiro atoms. The zero-order chi connectivity index (χ0) is 9.42. The highest BCUT2D eigenvalue weighted by Crippen LogP contribution is 2.35. The van der Waals surface area contributed by atoms with Gasteiger partial charge in [0.1, 0.15) is 0 Å². The van der Waals surface area contributed by atoms with E-state index in [0.717, 1.165) is 5.92 Å². The fourth-order valence-corrected chi connectivity index (χ4v) is 2.03. The maximum atomic E-state index is 4.37. The molecule has 0 N–H and O–H groups in total. The van der Waals surface area contributed by atoms with Crippen LogP contribution in [0.5, 0.6) is 0 Å². The van der Waals surface area contributed by atoms with E-state index < -0.39 is 0 Å². The summed E-state index contributed by atoms with van der Waals surface area (Å²) in [6.45, 7) is 4.35. The van der Waals surface area contributed by atoms with Gasteiger partial charge in [0.2, 0.25) is 0 Å². The van der Waals surface area contributed by atoms with Gasteiger partial charge in [-0.3, -0.25) is 4.68 Å². The summed E-state index contributed by atoms with van der Waals surface area (Å²) in [5, 5.41) is 4.37. The van der Waals surface area contributed by atoms with Crippen LogP contribution in [0.15, 0.2) is 10.7 Å². The topological polar surface area (TPSA) is 17.8 Å². The molecule has 0 saturated heterocycles. The molecule has 1 aromatic rings. The largest absolute Gasteiger partial charge is 0.266 e. The summed E-state index contributed by atoms with van der Waals surface area (Å²) in [5.41, 5.74) is 1.37. The van der Waals surface area contributed by atoms with E-state index in [0.29, 0.717) is 6.04 Å². The molecule has 0 radical (unpaired) electrons. The first kappa shape index (κ1) is 9.25. The van der Waals surface area contributed by atoms with Crippen LogP contribution >= 0.6 is 15.9 Å². The van der Waals surface area contributed by atoms with E-state index >= 15 is 0 Å². The summed E-state index contributed by atoms with van der Waals surface area (Å²) in [6.07, 6.45) is 5.90. The predicted octanol–water partition coefficient (Wildman–Crippen LogP) is 3.18. The van der Waals surface area contributed by atoms with Crippen LogP contribution in [0, 0.1) is 5.92 Å². The van der Waals surface area contributed by atoms with Crippen LogP contribution in [0.1, 0.15) is 38.4 Å². The SMILES string of the molecule is CC(C)n1ncc(Br)c1CC1CC1. The van der Waals surface area contributed by atoms with E-state index in [1.165, 1.54) is 29.4 Å². The minimum atomic E-state index is 0.472. The monoisotopic (exact) mass is 242 g/mol. The lowest BCUT2D eigenvalue weighted by Gasteiger charge is -2.10. The Balaban J connectivity index is 2.22. The summed E-state index contributed by atoms with van der Waals surface area (Å²) in [4.78, 5) is 0. The molecular weight excluding hydrogens is 228 g/mol. The lowest BCUT2D eigenvalue weighted by molar-refractivity contribution is 0.502. The summed E-state index contributed by atoms with van der Waals surface area (Å²) < 4.78 is 3.30. The van der Waals surface area contributed by atoms with Gasteiger partial charge < -0.3 is 0 Å². The maximum absolute atomic E-state index is 4.37. The van der Waals surface area contributed by atoms with E-state index in [1.807, 2.05) is 6.20 Å². The molecular formula is C10H15BrN2. The van der Waals surface area contributed by atoms with E-state index in [4.69, 9.17) is 0 Å². The highest BCUT2D eigenvalue weighted by molar-refractivity contribution is 9.10. The van der Waals surface area contributed by atoms with Crippen molar-refractivity contribution in [2.24, 2.45) is 5.92 Å². The zero-order valence-corrected chi connectivity index (χ0v) is 9.71. The van der Waals surface area contributed by atoms with Crippen LogP contribution in [0.3, 0.4) is 0 Å². The van der Waals surface area contributed by atoms with Crippen LogP contribution in [0.4, 0.5) is 0 Å². The van der Waals surface area contributed by atoms with Gasteiger partial charge in [-0.05, 0) is 55.0 Å². The van der Waals surface area contributed by atoms with Crippen molar-refractivity contribution in [2.75, 3.05) is 0 Å². The normalized spacial score (nSPS) is 16.9. The maximum Gasteiger partial charge on any atom is 0.0635 e. The molecule has 2 nitrogen and oxygen atoms in total. The van der Waals surface area contributed by atoms with Gasteiger partial charge in [0.15, 0.2) is 0 Å². The number of rotatable bonds is 3. The molecule has 1 heterocycles. The highest BCUT2D eigenvalue weighted by Gasteiger charge is 2.25. The second-order valence-electron chi connectivity index (χ2n) is 4.13. The van der Waals surface area contributed by atoms with Crippen molar-refractivity contribution in [3.05, 3.63) is 16.4 Å². The van der Waals surface area contributed by atoms with E-state index in [9.17, 15) is 0 Å². The van der Waals surface area contributed by atoms with Gasteiger partial charge in [0.05, 0.1) is 16.4 Å². The van der Waals surface area contributed by atoms with Crippen LogP contribution in [-0.2, 0) is 6.42 Å². The lowest BCUT2D eigenvalue weighted by atomic mass is 10.2. The third kappa shape index (κ3) is 1.96. The quantitative estimate of drug-likeness (QED) is 0.797. The van der Waals surface area contributed by atoms with Gasteiger partial charge in [-0.15, -0.1) is 0 Å². The first-order chi connectivity index (χ1) is 6.18. The number of nitrogens with zero attached hydrogens (tertiary/aromatic N) is 2. The zero-order valence-electron chi connectivity index (χ0n) is 8.13. The Bertz CT molecular complexity index is 300. The first-order valence-electron chi connectivity index (χ1n) is 4.90. The molecule has 0 bridgehead atoms. The second kappa shape index (κ2) is 3.45. The Kier molecular flexibility index (Phi) is 2.45. The van der Waals surface area contributed by atoms with Gasteiger partial charge >= 0.3 is 0 Å². The third-order valence-corrected chi connectivity index (χ3v) is 3.18. The summed E-state index contributed by atoms with van der Waals surface area (Å²) >= 11 is 3.56. The van der Waals surface area contributed by atoms with Gasteiger partial charge in [0, 0.05) is 6.04 Å². The minimum absolute atomic E-state index is 0.472. The summed E-state index contributed by atoms with van der Waals surface area (Å²) in [7, 11) is 0. The highest BCUT2D eigenvalue weighted by atomic mass is 79.9. The van der Waals surface area contributed by atoms with Crippen LogP contribution in [0.2, 0.25) is 0 Å². The lowest BCUT2D eigenvalue weighted by Crippen LogP contribution is -2.08. The predicted molar refractivity (Wildman–Crippen MR) is 56.7 cm³/mol. The molecule has 0 unspecified atom stereocenters. The molecule has 1 aliphatic rings. The number of hydrogen-bond donors (Lipinski definition) is 0. The van der Waals surface area contributed by atoms with Crippen molar-refractivity contribution in [1.82, 2.24) is 9.78 Å². The Morgan fingerprint density at radius 3 is 2.85 bits per heavy atom. The van der Waals surface area contributed by atoms with Crippen LogP contribution in [-0.4, -0.2) is 9.78 Å². The molecule has 3 heteroatoms. The molecule has 0 atom stereocenters. The van der Waals surface area contributed by atoms with Gasteiger partial charge in [-0.1, -0.05) is 0 Å².